The number of imidazole rings is 1. The van der Waals surface area contributed by atoms with Crippen molar-refractivity contribution in [3.05, 3.63) is 57.4 Å². The minimum absolute atomic E-state index is 0.113. The molecule has 0 aliphatic rings. The second-order valence-corrected chi connectivity index (χ2v) is 5.74. The van der Waals surface area contributed by atoms with E-state index in [0.29, 0.717) is 11.3 Å². The molecule has 102 valence electrons. The quantitative estimate of drug-likeness (QED) is 0.449. The van der Waals surface area contributed by atoms with E-state index in [-0.39, 0.29) is 11.4 Å². The van der Waals surface area contributed by atoms with Crippen LogP contribution in [0.15, 0.2) is 36.4 Å². The molecule has 2 nitrogen and oxygen atoms in total. The first-order valence-electron chi connectivity index (χ1n) is 5.78. The lowest BCUT2D eigenvalue weighted by Crippen LogP contribution is -1.99. The summed E-state index contributed by atoms with van der Waals surface area (Å²) in [4.78, 5) is 4.16. The summed E-state index contributed by atoms with van der Waals surface area (Å²) in [5.74, 6) is -0.729. The highest BCUT2D eigenvalue weighted by molar-refractivity contribution is 14.1. The lowest BCUT2D eigenvalue weighted by molar-refractivity contribution is 0.590. The fraction of sp³-hybridized carbons (Fsp3) is 0.0714. The maximum absolute atomic E-state index is 13.8. The van der Waals surface area contributed by atoms with Crippen molar-refractivity contribution in [2.24, 2.45) is 0 Å². The molecular formula is C14H8ClF2IN2. The molecule has 0 amide bonds. The first-order valence-corrected chi connectivity index (χ1v) is 7.40. The van der Waals surface area contributed by atoms with Gasteiger partial charge >= 0.3 is 0 Å². The Labute approximate surface area is 132 Å². The van der Waals surface area contributed by atoms with Gasteiger partial charge in [-0.3, -0.25) is 4.57 Å². The van der Waals surface area contributed by atoms with Crippen LogP contribution in [0.2, 0.25) is 0 Å². The largest absolute Gasteiger partial charge is 0.295 e. The van der Waals surface area contributed by atoms with Crippen LogP contribution in [0, 0.1) is 15.2 Å². The highest BCUT2D eigenvalue weighted by Crippen LogP contribution is 2.26. The van der Waals surface area contributed by atoms with Crippen molar-refractivity contribution in [3.8, 4) is 5.69 Å². The number of halogens is 4. The first kappa shape index (κ1) is 13.8. The molecular weight excluding hydrogens is 397 g/mol. The van der Waals surface area contributed by atoms with Crippen molar-refractivity contribution in [2.45, 2.75) is 5.88 Å². The van der Waals surface area contributed by atoms with Gasteiger partial charge in [-0.1, -0.05) is 0 Å². The summed E-state index contributed by atoms with van der Waals surface area (Å²) in [6.07, 6.45) is 0. The predicted molar refractivity (Wildman–Crippen MR) is 83.3 cm³/mol. The van der Waals surface area contributed by atoms with Gasteiger partial charge in [0.1, 0.15) is 17.2 Å². The number of rotatable bonds is 2. The number of hydrogen-bond acceptors (Lipinski definition) is 1. The van der Waals surface area contributed by atoms with Gasteiger partial charge in [-0.15, -0.1) is 11.6 Å². The van der Waals surface area contributed by atoms with Gasteiger partial charge in [-0.25, -0.2) is 13.8 Å². The molecule has 0 bridgehead atoms. The lowest BCUT2D eigenvalue weighted by Gasteiger charge is -2.08. The van der Waals surface area contributed by atoms with E-state index in [9.17, 15) is 8.78 Å². The molecule has 0 N–H and O–H groups in total. The van der Waals surface area contributed by atoms with Crippen LogP contribution in [-0.4, -0.2) is 9.55 Å². The molecule has 6 heteroatoms. The fourth-order valence-corrected chi connectivity index (χ4v) is 2.66. The Morgan fingerprint density at radius 1 is 1.15 bits per heavy atom. The van der Waals surface area contributed by atoms with E-state index in [1.54, 1.807) is 4.57 Å². The van der Waals surface area contributed by atoms with Crippen LogP contribution in [0.5, 0.6) is 0 Å². The topological polar surface area (TPSA) is 17.8 Å². The molecule has 0 saturated carbocycles. The number of nitrogens with zero attached hydrogens (tertiary/aromatic N) is 2. The van der Waals surface area contributed by atoms with Crippen molar-refractivity contribution in [3.63, 3.8) is 0 Å². The van der Waals surface area contributed by atoms with Crippen LogP contribution in [0.3, 0.4) is 0 Å². The Hall–Kier alpha value is -1.21. The summed E-state index contributed by atoms with van der Waals surface area (Å²) in [7, 11) is 0. The molecule has 0 aliphatic carbocycles. The predicted octanol–water partition coefficient (Wildman–Crippen LogP) is 4.65. The van der Waals surface area contributed by atoms with Gasteiger partial charge in [0.05, 0.1) is 11.4 Å². The van der Waals surface area contributed by atoms with E-state index < -0.39 is 11.6 Å². The van der Waals surface area contributed by atoms with E-state index in [4.69, 9.17) is 11.6 Å². The van der Waals surface area contributed by atoms with Crippen LogP contribution in [-0.2, 0) is 5.88 Å². The second kappa shape index (κ2) is 5.29. The Morgan fingerprint density at radius 3 is 2.50 bits per heavy atom. The van der Waals surface area contributed by atoms with E-state index in [0.717, 1.165) is 15.3 Å². The van der Waals surface area contributed by atoms with Crippen molar-refractivity contribution in [1.82, 2.24) is 9.55 Å². The van der Waals surface area contributed by atoms with Gasteiger partial charge in [-0.05, 0) is 46.9 Å². The normalized spacial score (nSPS) is 11.2. The highest BCUT2D eigenvalue weighted by atomic mass is 127. The number of alkyl halides is 1. The molecule has 0 atom stereocenters. The van der Waals surface area contributed by atoms with Crippen molar-refractivity contribution >= 4 is 45.2 Å². The van der Waals surface area contributed by atoms with Gasteiger partial charge in [0.25, 0.3) is 0 Å². The zero-order valence-electron chi connectivity index (χ0n) is 10.1. The summed E-state index contributed by atoms with van der Waals surface area (Å²) < 4.78 is 30.0. The van der Waals surface area contributed by atoms with E-state index >= 15 is 0 Å². The van der Waals surface area contributed by atoms with E-state index in [1.807, 2.05) is 24.3 Å². The zero-order chi connectivity index (χ0) is 14.3. The Morgan fingerprint density at radius 2 is 1.85 bits per heavy atom. The van der Waals surface area contributed by atoms with E-state index in [1.165, 1.54) is 6.07 Å². The van der Waals surface area contributed by atoms with Gasteiger partial charge < -0.3 is 0 Å². The maximum atomic E-state index is 13.8. The summed E-state index contributed by atoms with van der Waals surface area (Å²) in [6.45, 7) is 0. The monoisotopic (exact) mass is 404 g/mol. The number of fused-ring (bicyclic) bond motifs is 1. The number of benzene rings is 2. The fourth-order valence-electron chi connectivity index (χ4n) is 2.12. The van der Waals surface area contributed by atoms with Gasteiger partial charge in [0.15, 0.2) is 5.82 Å². The zero-order valence-corrected chi connectivity index (χ0v) is 13.0. The number of hydrogen-bond donors (Lipinski definition) is 0. The van der Waals surface area contributed by atoms with Crippen molar-refractivity contribution < 1.29 is 8.78 Å². The first-order chi connectivity index (χ1) is 9.60. The lowest BCUT2D eigenvalue weighted by atomic mass is 10.2. The minimum Gasteiger partial charge on any atom is -0.295 e. The van der Waals surface area contributed by atoms with Crippen molar-refractivity contribution in [1.29, 1.82) is 0 Å². The third-order valence-electron chi connectivity index (χ3n) is 2.95. The minimum atomic E-state index is -0.685. The van der Waals surface area contributed by atoms with Crippen LogP contribution in [0.25, 0.3) is 16.7 Å². The third-order valence-corrected chi connectivity index (χ3v) is 3.91. The molecule has 0 radical (unpaired) electrons. The van der Waals surface area contributed by atoms with Crippen molar-refractivity contribution in [2.75, 3.05) is 0 Å². The Bertz CT molecular complexity index is 784. The molecule has 3 aromatic rings. The van der Waals surface area contributed by atoms with Crippen LogP contribution in [0.1, 0.15) is 5.82 Å². The molecule has 0 unspecified atom stereocenters. The molecule has 2 aromatic carbocycles. The summed E-state index contributed by atoms with van der Waals surface area (Å²) in [5.41, 5.74) is 1.27. The molecule has 0 fully saturated rings. The SMILES string of the molecule is Fc1cc(F)c2nc(CCl)n(-c3ccc(I)cc3)c2c1. The van der Waals surface area contributed by atoms with Gasteiger partial charge in [0, 0.05) is 21.4 Å². The summed E-state index contributed by atoms with van der Waals surface area (Å²) in [5, 5.41) is 0. The molecule has 1 heterocycles. The standard InChI is InChI=1S/C14H8ClF2IN2/c15-7-13-19-14-11(17)5-8(16)6-12(14)20(13)10-3-1-9(18)2-4-10/h1-6H,7H2. The second-order valence-electron chi connectivity index (χ2n) is 4.23. The van der Waals surface area contributed by atoms with Crippen LogP contribution >= 0.6 is 34.2 Å². The summed E-state index contributed by atoms with van der Waals surface area (Å²) >= 11 is 8.07. The molecule has 0 saturated heterocycles. The van der Waals surface area contributed by atoms with E-state index in [2.05, 4.69) is 27.6 Å². The molecule has 20 heavy (non-hydrogen) atoms. The molecule has 1 aromatic heterocycles. The van der Waals surface area contributed by atoms with Gasteiger partial charge in [0.2, 0.25) is 0 Å². The molecule has 0 aliphatic heterocycles. The summed E-state index contributed by atoms with van der Waals surface area (Å²) in [6, 6.07) is 9.64. The van der Waals surface area contributed by atoms with Crippen LogP contribution < -0.4 is 0 Å². The molecule has 3 rings (SSSR count). The molecule has 0 spiro atoms. The maximum Gasteiger partial charge on any atom is 0.153 e. The van der Waals surface area contributed by atoms with Gasteiger partial charge in [-0.2, -0.15) is 0 Å². The van der Waals surface area contributed by atoms with Crippen LogP contribution in [0.4, 0.5) is 8.78 Å². The average molecular weight is 405 g/mol. The average Bonchev–Trinajstić information content (AvgIpc) is 2.78. The Balaban J connectivity index is 2.35. The highest BCUT2D eigenvalue weighted by Gasteiger charge is 2.16. The number of aromatic nitrogens is 2. The Kier molecular flexibility index (Phi) is 3.64. The third kappa shape index (κ3) is 2.29. The smallest absolute Gasteiger partial charge is 0.153 e.